The molecule has 0 N–H and O–H groups in total. The van der Waals surface area contributed by atoms with E-state index in [1.807, 2.05) is 12.1 Å². The predicted molar refractivity (Wildman–Crippen MR) is 111 cm³/mol. The highest BCUT2D eigenvalue weighted by molar-refractivity contribution is 6.30. The van der Waals surface area contributed by atoms with Crippen molar-refractivity contribution in [1.29, 1.82) is 0 Å². The number of hydrogen-bond donors (Lipinski definition) is 0. The average molecular weight is 389 g/mol. The molecule has 0 spiro atoms. The highest BCUT2D eigenvalue weighted by Crippen LogP contribution is 2.41. The Morgan fingerprint density at radius 1 is 0.778 bits per heavy atom. The van der Waals surface area contributed by atoms with E-state index >= 15 is 0 Å². The van der Waals surface area contributed by atoms with Crippen LogP contribution in [-0.4, -0.2) is 19.5 Å². The summed E-state index contributed by atoms with van der Waals surface area (Å²) in [5.74, 6) is 3.33. The third-order valence-electron chi connectivity index (χ3n) is 7.26. The summed E-state index contributed by atoms with van der Waals surface area (Å²) < 4.78 is 12.5. The summed E-state index contributed by atoms with van der Waals surface area (Å²) in [5.41, 5.74) is 1.43. The third kappa shape index (κ3) is 4.78. The minimum absolute atomic E-state index is 0.0249. The van der Waals surface area contributed by atoms with E-state index in [2.05, 4.69) is 24.8 Å². The van der Waals surface area contributed by atoms with Gasteiger partial charge in [-0.25, -0.2) is 0 Å². The van der Waals surface area contributed by atoms with Crippen molar-refractivity contribution in [2.45, 2.75) is 63.6 Å². The normalized spacial score (nSPS) is 37.7. The largest absolute Gasteiger partial charge is 0.352 e. The lowest BCUT2D eigenvalue weighted by molar-refractivity contribution is -0.236. The standard InChI is InChI=1S/C24H33ClO2/c1-2-17-3-5-20(6-4-17)22-15-26-24(27-16-22)21-9-7-18(8-10-21)19-11-13-23(25)14-12-19/h2,11-14,17-18,20-22,24H,1,3-10,15-16H2/t17-,18-,20-,21-,22-,24-. The molecule has 27 heavy (non-hydrogen) atoms. The summed E-state index contributed by atoms with van der Waals surface area (Å²) in [6.45, 7) is 5.74. The molecule has 2 nitrogen and oxygen atoms in total. The van der Waals surface area contributed by atoms with Gasteiger partial charge in [0, 0.05) is 16.9 Å². The summed E-state index contributed by atoms with van der Waals surface area (Å²) in [6.07, 6.45) is 12.2. The van der Waals surface area contributed by atoms with Crippen molar-refractivity contribution in [3.63, 3.8) is 0 Å². The van der Waals surface area contributed by atoms with Crippen LogP contribution in [-0.2, 0) is 9.47 Å². The van der Waals surface area contributed by atoms with Gasteiger partial charge in [-0.1, -0.05) is 29.8 Å². The van der Waals surface area contributed by atoms with Crippen molar-refractivity contribution in [2.75, 3.05) is 13.2 Å². The first kappa shape index (κ1) is 19.5. The minimum atomic E-state index is 0.0249. The van der Waals surface area contributed by atoms with Gasteiger partial charge in [-0.05, 0) is 86.8 Å². The topological polar surface area (TPSA) is 18.5 Å². The Balaban J connectivity index is 1.21. The molecule has 3 aliphatic rings. The Morgan fingerprint density at radius 2 is 1.37 bits per heavy atom. The zero-order valence-electron chi connectivity index (χ0n) is 16.3. The maximum Gasteiger partial charge on any atom is 0.160 e. The van der Waals surface area contributed by atoms with E-state index < -0.39 is 0 Å². The molecule has 1 aliphatic heterocycles. The number of allylic oxidation sites excluding steroid dienone is 1. The SMILES string of the molecule is C=C[C@H]1CC[C@H]([C@H]2CO[C@H]([C@H]3CC[C@H](c4ccc(Cl)cc4)CC3)OC2)CC1. The molecule has 0 atom stereocenters. The Labute approximate surface area is 169 Å². The quantitative estimate of drug-likeness (QED) is 0.541. The number of benzene rings is 1. The van der Waals surface area contributed by atoms with E-state index in [1.54, 1.807) is 0 Å². The van der Waals surface area contributed by atoms with Crippen molar-refractivity contribution in [2.24, 2.45) is 23.7 Å². The molecule has 1 aromatic carbocycles. The van der Waals surface area contributed by atoms with Gasteiger partial charge in [0.05, 0.1) is 13.2 Å². The first-order chi connectivity index (χ1) is 13.2. The lowest BCUT2D eigenvalue weighted by atomic mass is 9.75. The van der Waals surface area contributed by atoms with Crippen LogP contribution in [0.3, 0.4) is 0 Å². The van der Waals surface area contributed by atoms with Gasteiger partial charge in [-0.3, -0.25) is 0 Å². The molecule has 0 radical (unpaired) electrons. The molecule has 4 rings (SSSR count). The van der Waals surface area contributed by atoms with E-state index in [4.69, 9.17) is 21.1 Å². The van der Waals surface area contributed by atoms with Gasteiger partial charge in [-0.2, -0.15) is 0 Å². The van der Waals surface area contributed by atoms with E-state index in [0.717, 1.165) is 30.1 Å². The minimum Gasteiger partial charge on any atom is -0.352 e. The van der Waals surface area contributed by atoms with Crippen LogP contribution in [0.5, 0.6) is 0 Å². The van der Waals surface area contributed by atoms with Crippen molar-refractivity contribution in [1.82, 2.24) is 0 Å². The second kappa shape index (κ2) is 9.11. The number of hydrogen-bond acceptors (Lipinski definition) is 2. The van der Waals surface area contributed by atoms with E-state index in [1.165, 1.54) is 56.9 Å². The molecule has 3 heteroatoms. The number of rotatable bonds is 4. The summed E-state index contributed by atoms with van der Waals surface area (Å²) in [4.78, 5) is 0. The Bertz CT molecular complexity index is 589. The Hall–Kier alpha value is -0.830. The summed E-state index contributed by atoms with van der Waals surface area (Å²) >= 11 is 6.02. The monoisotopic (exact) mass is 388 g/mol. The van der Waals surface area contributed by atoms with Crippen molar-refractivity contribution in [3.05, 3.63) is 47.5 Å². The van der Waals surface area contributed by atoms with E-state index in [9.17, 15) is 0 Å². The van der Waals surface area contributed by atoms with Crippen LogP contribution in [0.25, 0.3) is 0 Å². The van der Waals surface area contributed by atoms with Crippen molar-refractivity contribution >= 4 is 11.6 Å². The van der Waals surface area contributed by atoms with Crippen LogP contribution in [0.1, 0.15) is 62.8 Å². The predicted octanol–water partition coefficient (Wildman–Crippen LogP) is 6.60. The molecule has 3 fully saturated rings. The third-order valence-corrected chi connectivity index (χ3v) is 7.52. The van der Waals surface area contributed by atoms with Gasteiger partial charge in [-0.15, -0.1) is 6.58 Å². The fourth-order valence-corrected chi connectivity index (χ4v) is 5.52. The lowest BCUT2D eigenvalue weighted by Crippen LogP contribution is -2.41. The first-order valence-electron chi connectivity index (χ1n) is 10.8. The van der Waals surface area contributed by atoms with Crippen LogP contribution >= 0.6 is 11.6 Å². The fourth-order valence-electron chi connectivity index (χ4n) is 5.39. The zero-order chi connectivity index (χ0) is 18.6. The van der Waals surface area contributed by atoms with Gasteiger partial charge >= 0.3 is 0 Å². The van der Waals surface area contributed by atoms with Crippen molar-refractivity contribution < 1.29 is 9.47 Å². The van der Waals surface area contributed by atoms with Crippen LogP contribution in [0.15, 0.2) is 36.9 Å². The van der Waals surface area contributed by atoms with Crippen LogP contribution in [0.2, 0.25) is 5.02 Å². The van der Waals surface area contributed by atoms with Gasteiger partial charge in [0.1, 0.15) is 0 Å². The highest BCUT2D eigenvalue weighted by Gasteiger charge is 2.36. The van der Waals surface area contributed by atoms with Crippen molar-refractivity contribution in [3.8, 4) is 0 Å². The number of halogens is 1. The Morgan fingerprint density at radius 3 is 1.96 bits per heavy atom. The molecule has 2 saturated carbocycles. The van der Waals surface area contributed by atoms with Crippen LogP contribution < -0.4 is 0 Å². The van der Waals surface area contributed by atoms with Gasteiger partial charge in [0.2, 0.25) is 0 Å². The van der Waals surface area contributed by atoms with E-state index in [-0.39, 0.29) is 6.29 Å². The molecular weight excluding hydrogens is 356 g/mol. The summed E-state index contributed by atoms with van der Waals surface area (Å²) in [5, 5.41) is 0.823. The van der Waals surface area contributed by atoms with Gasteiger partial charge < -0.3 is 9.47 Å². The Kier molecular flexibility index (Phi) is 6.58. The molecule has 1 saturated heterocycles. The molecule has 2 aliphatic carbocycles. The molecular formula is C24H33ClO2. The van der Waals surface area contributed by atoms with Gasteiger partial charge in [0.25, 0.3) is 0 Å². The molecule has 0 aromatic heterocycles. The molecule has 0 unspecified atom stereocenters. The smallest absolute Gasteiger partial charge is 0.160 e. The lowest BCUT2D eigenvalue weighted by Gasteiger charge is -2.41. The van der Waals surface area contributed by atoms with Crippen LogP contribution in [0.4, 0.5) is 0 Å². The van der Waals surface area contributed by atoms with E-state index in [0.29, 0.717) is 17.8 Å². The first-order valence-corrected chi connectivity index (χ1v) is 11.2. The number of ether oxygens (including phenoxy) is 2. The maximum absolute atomic E-state index is 6.23. The second-order valence-corrected chi connectivity index (χ2v) is 9.31. The van der Waals surface area contributed by atoms with Gasteiger partial charge in [0.15, 0.2) is 6.29 Å². The fraction of sp³-hybridized carbons (Fsp3) is 0.667. The zero-order valence-corrected chi connectivity index (χ0v) is 17.1. The summed E-state index contributed by atoms with van der Waals surface area (Å²) in [6, 6.07) is 8.40. The second-order valence-electron chi connectivity index (χ2n) is 8.87. The molecule has 0 amide bonds. The highest BCUT2D eigenvalue weighted by atomic mass is 35.5. The maximum atomic E-state index is 6.23. The summed E-state index contributed by atoms with van der Waals surface area (Å²) in [7, 11) is 0. The molecule has 1 aromatic rings. The molecule has 148 valence electrons. The van der Waals surface area contributed by atoms with Crippen LogP contribution in [0, 0.1) is 23.7 Å². The average Bonchev–Trinajstić information content (AvgIpc) is 2.75. The molecule has 0 bridgehead atoms. The molecule has 1 heterocycles.